The second-order valence-electron chi connectivity index (χ2n) is 5.97. The summed E-state index contributed by atoms with van der Waals surface area (Å²) in [7, 11) is 0. The maximum absolute atomic E-state index is 12.3. The summed E-state index contributed by atoms with van der Waals surface area (Å²) in [5.74, 6) is 0.150. The molecule has 1 aromatic rings. The molecule has 0 atom stereocenters. The summed E-state index contributed by atoms with van der Waals surface area (Å²) in [4.78, 5) is 28.2. The lowest BCUT2D eigenvalue weighted by Gasteiger charge is -2.34. The number of urea groups is 1. The number of ketones is 1. The number of hydrogen-bond acceptors (Lipinski definition) is 3. The van der Waals surface area contributed by atoms with Gasteiger partial charge in [0.25, 0.3) is 0 Å². The number of benzene rings is 1. The Labute approximate surface area is 138 Å². The van der Waals surface area contributed by atoms with Crippen LogP contribution >= 0.6 is 0 Å². The van der Waals surface area contributed by atoms with E-state index in [1.165, 1.54) is 5.56 Å². The molecule has 126 valence electrons. The van der Waals surface area contributed by atoms with Crippen molar-refractivity contribution in [3.05, 3.63) is 35.4 Å². The maximum Gasteiger partial charge on any atom is 0.317 e. The van der Waals surface area contributed by atoms with E-state index in [4.69, 9.17) is 0 Å². The summed E-state index contributed by atoms with van der Waals surface area (Å²) in [6, 6.07) is 7.87. The van der Waals surface area contributed by atoms with E-state index in [1.807, 2.05) is 36.1 Å². The van der Waals surface area contributed by atoms with E-state index in [0.29, 0.717) is 26.2 Å². The SMILES string of the molecule is CCCNC(=O)N1CCN(CC(=O)c2ccc(CC)cc2)CC1. The highest BCUT2D eigenvalue weighted by Gasteiger charge is 2.22. The van der Waals surface area contributed by atoms with Crippen molar-refractivity contribution in [3.63, 3.8) is 0 Å². The van der Waals surface area contributed by atoms with Crippen molar-refractivity contribution < 1.29 is 9.59 Å². The summed E-state index contributed by atoms with van der Waals surface area (Å²) in [5.41, 5.74) is 2.01. The Morgan fingerprint density at radius 1 is 1.04 bits per heavy atom. The third-order valence-corrected chi connectivity index (χ3v) is 4.24. The van der Waals surface area contributed by atoms with Gasteiger partial charge in [0.15, 0.2) is 5.78 Å². The summed E-state index contributed by atoms with van der Waals surface area (Å²) >= 11 is 0. The second-order valence-corrected chi connectivity index (χ2v) is 5.97. The van der Waals surface area contributed by atoms with Crippen LogP contribution in [0.1, 0.15) is 36.2 Å². The van der Waals surface area contributed by atoms with E-state index in [1.54, 1.807) is 0 Å². The summed E-state index contributed by atoms with van der Waals surface area (Å²) in [6.45, 7) is 8.14. The van der Waals surface area contributed by atoms with Crippen molar-refractivity contribution in [3.8, 4) is 0 Å². The first-order chi connectivity index (χ1) is 11.1. The highest BCUT2D eigenvalue weighted by Crippen LogP contribution is 2.08. The van der Waals surface area contributed by atoms with Crippen LogP contribution in [0, 0.1) is 0 Å². The predicted molar refractivity (Wildman–Crippen MR) is 91.9 cm³/mol. The zero-order valence-corrected chi connectivity index (χ0v) is 14.2. The van der Waals surface area contributed by atoms with Crippen molar-refractivity contribution in [2.45, 2.75) is 26.7 Å². The van der Waals surface area contributed by atoms with Gasteiger partial charge in [-0.3, -0.25) is 9.69 Å². The highest BCUT2D eigenvalue weighted by molar-refractivity contribution is 5.97. The van der Waals surface area contributed by atoms with E-state index >= 15 is 0 Å². The molecule has 0 saturated carbocycles. The number of amides is 2. The Hall–Kier alpha value is -1.88. The van der Waals surface area contributed by atoms with Crippen molar-refractivity contribution >= 4 is 11.8 Å². The smallest absolute Gasteiger partial charge is 0.317 e. The minimum atomic E-state index is 0.00739. The molecule has 1 heterocycles. The molecule has 0 bridgehead atoms. The normalized spacial score (nSPS) is 15.5. The fourth-order valence-corrected chi connectivity index (χ4v) is 2.67. The monoisotopic (exact) mass is 317 g/mol. The van der Waals surface area contributed by atoms with Crippen LogP contribution in [-0.2, 0) is 6.42 Å². The molecule has 1 saturated heterocycles. The lowest BCUT2D eigenvalue weighted by Crippen LogP contribution is -2.52. The number of piperazine rings is 1. The van der Waals surface area contributed by atoms with Crippen LogP contribution in [0.15, 0.2) is 24.3 Å². The van der Waals surface area contributed by atoms with Crippen molar-refractivity contribution in [2.24, 2.45) is 0 Å². The van der Waals surface area contributed by atoms with Crippen LogP contribution in [0.4, 0.5) is 4.79 Å². The van der Waals surface area contributed by atoms with Crippen LogP contribution < -0.4 is 5.32 Å². The molecular weight excluding hydrogens is 290 g/mol. The standard InChI is InChI=1S/C18H27N3O2/c1-3-9-19-18(23)21-12-10-20(11-13-21)14-17(22)16-7-5-15(4-2)6-8-16/h5-8H,3-4,9-14H2,1-2H3,(H,19,23). The third kappa shape index (κ3) is 5.06. The van der Waals surface area contributed by atoms with Gasteiger partial charge in [-0.2, -0.15) is 0 Å². The molecule has 23 heavy (non-hydrogen) atoms. The van der Waals surface area contributed by atoms with Gasteiger partial charge in [0, 0.05) is 38.3 Å². The fraction of sp³-hybridized carbons (Fsp3) is 0.556. The third-order valence-electron chi connectivity index (χ3n) is 4.24. The van der Waals surface area contributed by atoms with E-state index in [9.17, 15) is 9.59 Å². The van der Waals surface area contributed by atoms with Crippen LogP contribution in [-0.4, -0.2) is 60.9 Å². The zero-order chi connectivity index (χ0) is 16.7. The predicted octanol–water partition coefficient (Wildman–Crippen LogP) is 2.17. The molecule has 0 aliphatic carbocycles. The topological polar surface area (TPSA) is 52.7 Å². The Morgan fingerprint density at radius 3 is 2.26 bits per heavy atom. The van der Waals surface area contributed by atoms with Gasteiger partial charge in [-0.05, 0) is 18.4 Å². The summed E-state index contributed by atoms with van der Waals surface area (Å²) in [6.07, 6.45) is 1.92. The van der Waals surface area contributed by atoms with Crippen LogP contribution in [0.5, 0.6) is 0 Å². The Balaban J connectivity index is 1.79. The molecule has 5 heteroatoms. The van der Waals surface area contributed by atoms with Crippen molar-refractivity contribution in [2.75, 3.05) is 39.3 Å². The molecule has 1 aliphatic rings. The molecule has 1 N–H and O–H groups in total. The lowest BCUT2D eigenvalue weighted by atomic mass is 10.1. The summed E-state index contributed by atoms with van der Waals surface area (Å²) in [5, 5.41) is 2.90. The maximum atomic E-state index is 12.3. The number of carbonyl (C=O) groups excluding carboxylic acids is 2. The van der Waals surface area contributed by atoms with E-state index in [2.05, 4.69) is 17.1 Å². The molecule has 1 aliphatic heterocycles. The molecule has 1 fully saturated rings. The molecule has 0 radical (unpaired) electrons. The van der Waals surface area contributed by atoms with Crippen LogP contribution in [0.3, 0.4) is 0 Å². The van der Waals surface area contributed by atoms with Gasteiger partial charge in [-0.25, -0.2) is 4.79 Å². The quantitative estimate of drug-likeness (QED) is 0.818. The molecule has 0 unspecified atom stereocenters. The molecule has 2 amide bonds. The van der Waals surface area contributed by atoms with Gasteiger partial charge in [-0.1, -0.05) is 38.1 Å². The number of rotatable bonds is 6. The lowest BCUT2D eigenvalue weighted by molar-refractivity contribution is 0.0878. The summed E-state index contributed by atoms with van der Waals surface area (Å²) < 4.78 is 0. The first-order valence-corrected chi connectivity index (χ1v) is 8.51. The van der Waals surface area contributed by atoms with Crippen molar-refractivity contribution in [1.82, 2.24) is 15.1 Å². The molecule has 5 nitrogen and oxygen atoms in total. The Kier molecular flexibility index (Phi) is 6.59. The largest absolute Gasteiger partial charge is 0.338 e. The second kappa shape index (κ2) is 8.67. The van der Waals surface area contributed by atoms with Gasteiger partial charge < -0.3 is 10.2 Å². The minimum Gasteiger partial charge on any atom is -0.338 e. The van der Waals surface area contributed by atoms with Gasteiger partial charge in [0.2, 0.25) is 0 Å². The van der Waals surface area contributed by atoms with Gasteiger partial charge in [0.05, 0.1) is 6.54 Å². The number of Topliss-reactive ketones (excluding diaryl/α,β-unsaturated/α-hetero) is 1. The highest BCUT2D eigenvalue weighted by atomic mass is 16.2. The average molecular weight is 317 g/mol. The fourth-order valence-electron chi connectivity index (χ4n) is 2.67. The van der Waals surface area contributed by atoms with Gasteiger partial charge in [0.1, 0.15) is 0 Å². The van der Waals surface area contributed by atoms with Crippen LogP contribution in [0.25, 0.3) is 0 Å². The number of carbonyl (C=O) groups is 2. The molecule has 1 aromatic carbocycles. The number of hydrogen-bond donors (Lipinski definition) is 1. The first kappa shape index (κ1) is 17.5. The average Bonchev–Trinajstić information content (AvgIpc) is 2.60. The number of nitrogens with zero attached hydrogens (tertiary/aromatic N) is 2. The molecule has 0 spiro atoms. The van der Waals surface area contributed by atoms with E-state index < -0.39 is 0 Å². The van der Waals surface area contributed by atoms with Crippen molar-refractivity contribution in [1.29, 1.82) is 0 Å². The molecular formula is C18H27N3O2. The molecule has 2 rings (SSSR count). The van der Waals surface area contributed by atoms with Crippen LogP contribution in [0.2, 0.25) is 0 Å². The number of nitrogens with one attached hydrogen (secondary N) is 1. The minimum absolute atomic E-state index is 0.00739. The Morgan fingerprint density at radius 2 is 1.70 bits per heavy atom. The Bertz CT molecular complexity index is 520. The zero-order valence-electron chi connectivity index (χ0n) is 14.2. The first-order valence-electron chi connectivity index (χ1n) is 8.51. The van der Waals surface area contributed by atoms with Gasteiger partial charge in [-0.15, -0.1) is 0 Å². The van der Waals surface area contributed by atoms with E-state index in [-0.39, 0.29) is 11.8 Å². The van der Waals surface area contributed by atoms with E-state index in [0.717, 1.165) is 31.5 Å². The number of aryl methyl sites for hydroxylation is 1. The van der Waals surface area contributed by atoms with Gasteiger partial charge >= 0.3 is 6.03 Å². The molecule has 0 aromatic heterocycles.